The Morgan fingerprint density at radius 3 is 1.70 bits per heavy atom. The van der Waals surface area contributed by atoms with Crippen LogP contribution in [0.15, 0.2) is 0 Å². The van der Waals surface area contributed by atoms with Gasteiger partial charge in [0.05, 0.1) is 33.8 Å². The minimum atomic E-state index is -4.29. The predicted molar refractivity (Wildman–Crippen MR) is 95.8 cm³/mol. The maximum atomic E-state index is 10.5. The Labute approximate surface area is 143 Å². The maximum Gasteiger partial charge on any atom is 0.397 e. The Morgan fingerprint density at radius 1 is 0.783 bits per heavy atom. The Balaban J connectivity index is 3.44. The number of quaternary nitrogens is 1. The maximum absolute atomic E-state index is 10.5. The van der Waals surface area contributed by atoms with Gasteiger partial charge in [0.25, 0.3) is 0 Å². The third kappa shape index (κ3) is 18.0. The third-order valence-corrected chi connectivity index (χ3v) is 4.72. The molecular formula is C17H38NO4S+. The normalized spacial score (nSPS) is 12.7. The lowest BCUT2D eigenvalue weighted by Gasteiger charge is -2.29. The van der Waals surface area contributed by atoms with E-state index in [0.717, 1.165) is 17.6 Å². The van der Waals surface area contributed by atoms with Crippen molar-refractivity contribution < 1.29 is 21.6 Å². The molecule has 0 aromatic heterocycles. The van der Waals surface area contributed by atoms with Gasteiger partial charge in [-0.3, -0.25) is 4.55 Å². The van der Waals surface area contributed by atoms with Gasteiger partial charge in [-0.2, -0.15) is 8.42 Å². The molecule has 0 unspecified atom stereocenters. The van der Waals surface area contributed by atoms with Crippen LogP contribution in [0.25, 0.3) is 0 Å². The van der Waals surface area contributed by atoms with Gasteiger partial charge >= 0.3 is 10.4 Å². The van der Waals surface area contributed by atoms with Gasteiger partial charge in [0.2, 0.25) is 0 Å². The zero-order valence-corrected chi connectivity index (χ0v) is 16.2. The van der Waals surface area contributed by atoms with E-state index in [9.17, 15) is 8.42 Å². The molecule has 0 aromatic carbocycles. The van der Waals surface area contributed by atoms with Gasteiger partial charge in [-0.15, -0.1) is 0 Å². The van der Waals surface area contributed by atoms with Crippen molar-refractivity contribution in [1.82, 2.24) is 0 Å². The molecule has 5 nitrogen and oxygen atoms in total. The highest BCUT2D eigenvalue weighted by molar-refractivity contribution is 7.80. The molecule has 0 radical (unpaired) electrons. The molecule has 0 spiro atoms. The monoisotopic (exact) mass is 352 g/mol. The Bertz CT molecular complexity index is 369. The van der Waals surface area contributed by atoms with Crippen molar-refractivity contribution in [2.75, 3.05) is 33.8 Å². The molecule has 140 valence electrons. The fourth-order valence-electron chi connectivity index (χ4n) is 2.80. The van der Waals surface area contributed by atoms with Crippen molar-refractivity contribution in [1.29, 1.82) is 0 Å². The van der Waals surface area contributed by atoms with E-state index in [1.807, 2.05) is 0 Å². The second kappa shape index (κ2) is 13.2. The second-order valence-corrected chi connectivity index (χ2v) is 8.26. The van der Waals surface area contributed by atoms with Crippen molar-refractivity contribution >= 4 is 10.4 Å². The van der Waals surface area contributed by atoms with Gasteiger partial charge in [0, 0.05) is 6.42 Å². The van der Waals surface area contributed by atoms with Crippen LogP contribution in [0, 0.1) is 0 Å². The van der Waals surface area contributed by atoms with E-state index in [1.165, 1.54) is 64.2 Å². The van der Waals surface area contributed by atoms with Crippen LogP contribution < -0.4 is 0 Å². The van der Waals surface area contributed by atoms with Crippen molar-refractivity contribution in [2.24, 2.45) is 0 Å². The van der Waals surface area contributed by atoms with Crippen LogP contribution in [0.5, 0.6) is 0 Å². The topological polar surface area (TPSA) is 63.6 Å². The molecule has 1 N–H and O–H groups in total. The lowest BCUT2D eigenvalue weighted by molar-refractivity contribution is -0.890. The fourth-order valence-corrected chi connectivity index (χ4v) is 3.12. The minimum absolute atomic E-state index is 0.0541. The summed E-state index contributed by atoms with van der Waals surface area (Å²) in [6.07, 6.45) is 14.0. The zero-order valence-electron chi connectivity index (χ0n) is 15.4. The van der Waals surface area contributed by atoms with Crippen LogP contribution >= 0.6 is 0 Å². The largest absolute Gasteiger partial charge is 0.397 e. The molecule has 0 saturated heterocycles. The highest BCUT2D eigenvalue weighted by Gasteiger charge is 2.14. The molecule has 0 aliphatic carbocycles. The molecule has 0 atom stereocenters. The summed E-state index contributed by atoms with van der Waals surface area (Å²) in [5, 5.41) is 0. The third-order valence-electron chi connectivity index (χ3n) is 4.26. The lowest BCUT2D eigenvalue weighted by atomic mass is 10.1. The van der Waals surface area contributed by atoms with Crippen LogP contribution in [-0.4, -0.2) is 51.2 Å². The molecule has 0 saturated carbocycles. The average molecular weight is 353 g/mol. The molecule has 6 heteroatoms. The van der Waals surface area contributed by atoms with Gasteiger partial charge in [0.1, 0.15) is 0 Å². The summed E-state index contributed by atoms with van der Waals surface area (Å²) in [6.45, 7) is 4.26. The van der Waals surface area contributed by atoms with Gasteiger partial charge in [-0.1, -0.05) is 58.3 Å². The minimum Gasteiger partial charge on any atom is -0.328 e. The molecule has 0 aliphatic rings. The Hall–Kier alpha value is -0.170. The van der Waals surface area contributed by atoms with Gasteiger partial charge in [-0.05, 0) is 12.8 Å². The first-order valence-electron chi connectivity index (χ1n) is 9.21. The molecule has 0 rings (SSSR count). The summed E-state index contributed by atoms with van der Waals surface area (Å²) in [5.41, 5.74) is 0. The first-order valence-corrected chi connectivity index (χ1v) is 10.6. The Kier molecular flexibility index (Phi) is 13.1. The smallest absolute Gasteiger partial charge is 0.328 e. The molecule has 0 aromatic rings. The average Bonchev–Trinajstić information content (AvgIpc) is 2.45. The van der Waals surface area contributed by atoms with E-state index in [4.69, 9.17) is 4.55 Å². The quantitative estimate of drug-likeness (QED) is 0.257. The molecular weight excluding hydrogens is 314 g/mol. The summed E-state index contributed by atoms with van der Waals surface area (Å²) in [6, 6.07) is 0. The van der Waals surface area contributed by atoms with Crippen LogP contribution in [0.2, 0.25) is 0 Å². The van der Waals surface area contributed by atoms with E-state index < -0.39 is 10.4 Å². The van der Waals surface area contributed by atoms with E-state index in [-0.39, 0.29) is 6.61 Å². The van der Waals surface area contributed by atoms with Crippen LogP contribution in [-0.2, 0) is 14.6 Å². The predicted octanol–water partition coefficient (Wildman–Crippen LogP) is 4.19. The van der Waals surface area contributed by atoms with Gasteiger partial charge < -0.3 is 4.48 Å². The summed E-state index contributed by atoms with van der Waals surface area (Å²) >= 11 is 0. The SMILES string of the molecule is CCCCCCCCCCCC[N+](C)(C)CCCOS(=O)(=O)O. The summed E-state index contributed by atoms with van der Waals surface area (Å²) in [7, 11) is 0.0216. The van der Waals surface area contributed by atoms with E-state index in [0.29, 0.717) is 6.42 Å². The standard InChI is InChI=1S/C17H37NO4S/c1-4-5-6-7-8-9-10-11-12-13-15-18(2,3)16-14-17-22-23(19,20)21/h4-17H2,1-3H3/p+1. The molecule has 0 heterocycles. The molecule has 0 amide bonds. The van der Waals surface area contributed by atoms with Crippen molar-refractivity contribution in [3.05, 3.63) is 0 Å². The van der Waals surface area contributed by atoms with E-state index in [1.54, 1.807) is 0 Å². The fraction of sp³-hybridized carbons (Fsp3) is 1.00. The number of nitrogens with zero attached hydrogens (tertiary/aromatic N) is 1. The highest BCUT2D eigenvalue weighted by atomic mass is 32.3. The zero-order chi connectivity index (χ0) is 17.6. The molecule has 23 heavy (non-hydrogen) atoms. The number of hydrogen-bond acceptors (Lipinski definition) is 3. The lowest BCUT2D eigenvalue weighted by Crippen LogP contribution is -2.41. The molecule has 0 aliphatic heterocycles. The Morgan fingerprint density at radius 2 is 1.22 bits per heavy atom. The second-order valence-electron chi connectivity index (χ2n) is 7.17. The number of rotatable bonds is 16. The van der Waals surface area contributed by atoms with Crippen LogP contribution in [0.3, 0.4) is 0 Å². The van der Waals surface area contributed by atoms with Crippen molar-refractivity contribution in [3.63, 3.8) is 0 Å². The van der Waals surface area contributed by atoms with Crippen molar-refractivity contribution in [2.45, 2.75) is 77.6 Å². The molecule has 0 bridgehead atoms. The van der Waals surface area contributed by atoms with E-state index in [2.05, 4.69) is 25.2 Å². The summed E-state index contributed by atoms with van der Waals surface area (Å²) in [5.74, 6) is 0. The van der Waals surface area contributed by atoms with Crippen LogP contribution in [0.1, 0.15) is 77.6 Å². The summed E-state index contributed by atoms with van der Waals surface area (Å²) in [4.78, 5) is 0. The van der Waals surface area contributed by atoms with Crippen LogP contribution in [0.4, 0.5) is 0 Å². The van der Waals surface area contributed by atoms with E-state index >= 15 is 0 Å². The number of unbranched alkanes of at least 4 members (excludes halogenated alkanes) is 9. The van der Waals surface area contributed by atoms with Gasteiger partial charge in [0.15, 0.2) is 0 Å². The summed E-state index contributed by atoms with van der Waals surface area (Å²) < 4.78 is 34.6. The first kappa shape index (κ1) is 22.8. The highest BCUT2D eigenvalue weighted by Crippen LogP contribution is 2.12. The first-order chi connectivity index (χ1) is 10.8. The molecule has 0 fully saturated rings. The number of hydrogen-bond donors (Lipinski definition) is 1. The van der Waals surface area contributed by atoms with Crippen molar-refractivity contribution in [3.8, 4) is 0 Å². The van der Waals surface area contributed by atoms with Gasteiger partial charge in [-0.25, -0.2) is 4.18 Å².